The number of nitrogens with zero attached hydrogens (tertiary/aromatic N) is 1. The van der Waals surface area contributed by atoms with Gasteiger partial charge in [-0.05, 0) is 63.7 Å². The van der Waals surface area contributed by atoms with E-state index in [9.17, 15) is 9.59 Å². The molecule has 6 nitrogen and oxygen atoms in total. The molecule has 0 aromatic heterocycles. The van der Waals surface area contributed by atoms with Crippen LogP contribution in [0.25, 0.3) is 0 Å². The molecule has 0 saturated heterocycles. The second-order valence-corrected chi connectivity index (χ2v) is 10.5. The molecule has 4 unspecified atom stereocenters. The van der Waals surface area contributed by atoms with Crippen LogP contribution in [0.2, 0.25) is 0 Å². The molecule has 4 atom stereocenters. The Morgan fingerprint density at radius 1 is 1.21 bits per heavy atom. The first-order valence-electron chi connectivity index (χ1n) is 10.7. The number of hydroxylamine groups is 2. The van der Waals surface area contributed by atoms with Crippen molar-refractivity contribution in [3.05, 3.63) is 0 Å². The van der Waals surface area contributed by atoms with Gasteiger partial charge in [-0.15, -0.1) is 0 Å². The molecule has 6 heteroatoms. The van der Waals surface area contributed by atoms with Gasteiger partial charge in [-0.3, -0.25) is 9.63 Å². The van der Waals surface area contributed by atoms with E-state index in [0.717, 1.165) is 12.8 Å². The van der Waals surface area contributed by atoms with Crippen molar-refractivity contribution in [3.63, 3.8) is 0 Å². The molecule has 0 aliphatic heterocycles. The van der Waals surface area contributed by atoms with Crippen LogP contribution in [0.15, 0.2) is 0 Å². The first-order chi connectivity index (χ1) is 12.8. The molecule has 162 valence electrons. The minimum atomic E-state index is -0.690. The van der Waals surface area contributed by atoms with E-state index in [2.05, 4.69) is 26.1 Å². The Morgan fingerprint density at radius 3 is 2.32 bits per heavy atom. The smallest absolute Gasteiger partial charge is 0.408 e. The van der Waals surface area contributed by atoms with Crippen LogP contribution < -0.4 is 5.32 Å². The molecule has 28 heavy (non-hydrogen) atoms. The minimum Gasteiger partial charge on any atom is -0.444 e. The molecule has 0 aromatic rings. The van der Waals surface area contributed by atoms with E-state index in [1.165, 1.54) is 6.42 Å². The molecular weight excluding hydrogens is 356 g/mol. The van der Waals surface area contributed by atoms with Gasteiger partial charge in [0, 0.05) is 0 Å². The van der Waals surface area contributed by atoms with E-state index in [0.29, 0.717) is 18.4 Å². The molecule has 2 fully saturated rings. The lowest BCUT2D eigenvalue weighted by Gasteiger charge is -2.40. The van der Waals surface area contributed by atoms with Gasteiger partial charge in [0.05, 0.1) is 12.1 Å². The number of hydrogen-bond donors (Lipinski definition) is 1. The average Bonchev–Trinajstić information content (AvgIpc) is 3.03. The summed E-state index contributed by atoms with van der Waals surface area (Å²) in [5.74, 6) is 0.722. The van der Waals surface area contributed by atoms with Gasteiger partial charge >= 0.3 is 6.09 Å². The molecule has 2 aliphatic carbocycles. The molecule has 0 aromatic carbocycles. The minimum absolute atomic E-state index is 0.00996. The van der Waals surface area contributed by atoms with E-state index in [4.69, 9.17) is 9.57 Å². The fourth-order valence-electron chi connectivity index (χ4n) is 5.10. The van der Waals surface area contributed by atoms with E-state index in [1.807, 2.05) is 41.5 Å². The predicted octanol–water partition coefficient (Wildman–Crippen LogP) is 4.53. The van der Waals surface area contributed by atoms with Crippen molar-refractivity contribution >= 4 is 12.0 Å². The van der Waals surface area contributed by atoms with E-state index >= 15 is 0 Å². The highest BCUT2D eigenvalue weighted by Crippen LogP contribution is 2.71. The summed E-state index contributed by atoms with van der Waals surface area (Å²) in [5, 5.41) is 4.43. The van der Waals surface area contributed by atoms with Crippen molar-refractivity contribution in [3.8, 4) is 0 Å². The van der Waals surface area contributed by atoms with Crippen LogP contribution in [0.5, 0.6) is 0 Å². The lowest BCUT2D eigenvalue weighted by atomic mass is 9.85. The summed E-state index contributed by atoms with van der Waals surface area (Å²) < 4.78 is 5.39. The van der Waals surface area contributed by atoms with Crippen LogP contribution in [-0.4, -0.2) is 40.9 Å². The topological polar surface area (TPSA) is 67.9 Å². The summed E-state index contributed by atoms with van der Waals surface area (Å²) in [5.41, 5.74) is -0.897. The number of hydrogen-bond acceptors (Lipinski definition) is 4. The molecule has 0 spiro atoms. The number of rotatable bonds is 6. The SMILES string of the molecule is CCON(C(=O)C(NC(=O)OC(C)(C)C)C(C)C)C12CC(C)CCC1C2(C)C. The highest BCUT2D eigenvalue weighted by atomic mass is 16.7. The highest BCUT2D eigenvalue weighted by Gasteiger charge is 2.76. The quantitative estimate of drug-likeness (QED) is 0.670. The lowest BCUT2D eigenvalue weighted by molar-refractivity contribution is -0.217. The number of alkyl carbamates (subject to hydrolysis) is 1. The second-order valence-electron chi connectivity index (χ2n) is 10.5. The normalized spacial score (nSPS) is 29.6. The van der Waals surface area contributed by atoms with Crippen molar-refractivity contribution in [2.24, 2.45) is 23.2 Å². The molecule has 0 bridgehead atoms. The van der Waals surface area contributed by atoms with Gasteiger partial charge in [0.1, 0.15) is 11.6 Å². The summed E-state index contributed by atoms with van der Waals surface area (Å²) in [6, 6.07) is -0.690. The average molecular weight is 397 g/mol. The van der Waals surface area contributed by atoms with Crippen molar-refractivity contribution in [2.45, 2.75) is 98.8 Å². The Bertz CT molecular complexity index is 596. The molecule has 2 saturated carbocycles. The summed E-state index contributed by atoms with van der Waals surface area (Å²) in [6.45, 7) is 18.3. The maximum absolute atomic E-state index is 13.6. The Balaban J connectivity index is 2.28. The van der Waals surface area contributed by atoms with E-state index in [-0.39, 0.29) is 22.8 Å². The van der Waals surface area contributed by atoms with Gasteiger partial charge in [0.25, 0.3) is 5.91 Å². The zero-order valence-electron chi connectivity index (χ0n) is 19.2. The number of ether oxygens (including phenoxy) is 1. The third kappa shape index (κ3) is 4.17. The summed E-state index contributed by atoms with van der Waals surface area (Å²) >= 11 is 0. The second kappa shape index (κ2) is 7.85. The van der Waals surface area contributed by atoms with E-state index in [1.54, 1.807) is 5.06 Å². The van der Waals surface area contributed by atoms with Gasteiger partial charge in [0.15, 0.2) is 0 Å². The fraction of sp³-hybridized carbons (Fsp3) is 0.909. The van der Waals surface area contributed by atoms with Crippen LogP contribution in [0.3, 0.4) is 0 Å². The number of nitrogens with one attached hydrogen (secondary N) is 1. The Labute approximate surface area is 170 Å². The zero-order chi connectivity index (χ0) is 21.5. The van der Waals surface area contributed by atoms with E-state index < -0.39 is 17.7 Å². The number of carbonyl (C=O) groups excluding carboxylic acids is 2. The van der Waals surface area contributed by atoms with Gasteiger partial charge in [-0.1, -0.05) is 41.0 Å². The highest BCUT2D eigenvalue weighted by molar-refractivity contribution is 5.86. The van der Waals surface area contributed by atoms with Crippen molar-refractivity contribution in [1.29, 1.82) is 0 Å². The summed E-state index contributed by atoms with van der Waals surface area (Å²) in [7, 11) is 0. The molecular formula is C22H40N2O4. The molecule has 2 rings (SSSR count). The summed E-state index contributed by atoms with van der Waals surface area (Å²) in [6.07, 6.45) is 2.66. The molecule has 1 N–H and O–H groups in total. The first-order valence-corrected chi connectivity index (χ1v) is 10.7. The molecule has 2 aliphatic rings. The Hall–Kier alpha value is -1.30. The van der Waals surface area contributed by atoms with Gasteiger partial charge in [0.2, 0.25) is 0 Å². The summed E-state index contributed by atoms with van der Waals surface area (Å²) in [4.78, 5) is 32.0. The van der Waals surface area contributed by atoms with Crippen LogP contribution in [0.4, 0.5) is 4.79 Å². The molecule has 0 radical (unpaired) electrons. The standard InChI is InChI=1S/C22H40N2O4/c1-10-27-24(22-13-15(4)11-12-16(22)21(22,8)9)18(25)17(14(2)3)23-19(26)28-20(5,6)7/h14-17H,10-13H2,1-9H3,(H,23,26). The van der Waals surface area contributed by atoms with Crippen molar-refractivity contribution in [2.75, 3.05) is 6.61 Å². The number of fused-ring (bicyclic) bond motifs is 1. The first kappa shape index (κ1) is 23.0. The number of amides is 2. The maximum atomic E-state index is 13.6. The van der Waals surface area contributed by atoms with Crippen LogP contribution >= 0.6 is 0 Å². The maximum Gasteiger partial charge on any atom is 0.408 e. The van der Waals surface area contributed by atoms with Gasteiger partial charge < -0.3 is 10.1 Å². The van der Waals surface area contributed by atoms with Gasteiger partial charge in [-0.2, -0.15) is 0 Å². The van der Waals surface area contributed by atoms with Crippen molar-refractivity contribution < 1.29 is 19.2 Å². The van der Waals surface area contributed by atoms with Gasteiger partial charge in [-0.25, -0.2) is 9.86 Å². The largest absolute Gasteiger partial charge is 0.444 e. The predicted molar refractivity (Wildman–Crippen MR) is 109 cm³/mol. The number of carbonyl (C=O) groups is 2. The zero-order valence-corrected chi connectivity index (χ0v) is 19.2. The lowest BCUT2D eigenvalue weighted by Crippen LogP contribution is -2.57. The Morgan fingerprint density at radius 2 is 1.82 bits per heavy atom. The monoisotopic (exact) mass is 396 g/mol. The Kier molecular flexibility index (Phi) is 6.44. The van der Waals surface area contributed by atoms with Crippen LogP contribution in [0, 0.1) is 23.2 Å². The molecule has 2 amide bonds. The molecule has 0 heterocycles. The third-order valence-electron chi connectivity index (χ3n) is 6.51. The van der Waals surface area contributed by atoms with Crippen LogP contribution in [-0.2, 0) is 14.4 Å². The third-order valence-corrected chi connectivity index (χ3v) is 6.51. The fourth-order valence-corrected chi connectivity index (χ4v) is 5.10. The van der Waals surface area contributed by atoms with Crippen molar-refractivity contribution in [1.82, 2.24) is 10.4 Å². The van der Waals surface area contributed by atoms with Crippen LogP contribution in [0.1, 0.15) is 81.6 Å².